The number of fused-ring (bicyclic) bond motifs is 1. The number of imidazole rings is 1. The summed E-state index contributed by atoms with van der Waals surface area (Å²) in [6, 6.07) is 6.09. The van der Waals surface area contributed by atoms with Gasteiger partial charge in [-0.05, 0) is 50.8 Å². The molecule has 0 fully saturated rings. The molecule has 1 N–H and O–H groups in total. The number of rotatable bonds is 6. The lowest BCUT2D eigenvalue weighted by atomic mass is 9.93. The van der Waals surface area contributed by atoms with E-state index in [2.05, 4.69) is 48.5 Å². The Bertz CT molecular complexity index is 670. The van der Waals surface area contributed by atoms with Gasteiger partial charge in [-0.1, -0.05) is 19.9 Å². The maximum absolute atomic E-state index is 5.68. The van der Waals surface area contributed by atoms with Crippen molar-refractivity contribution in [3.63, 3.8) is 0 Å². The van der Waals surface area contributed by atoms with Crippen molar-refractivity contribution in [3.05, 3.63) is 23.0 Å². The molecule has 2 rings (SSSR count). The van der Waals surface area contributed by atoms with E-state index in [9.17, 15) is 0 Å². The quantitative estimate of drug-likeness (QED) is 0.826. The van der Waals surface area contributed by atoms with Crippen LogP contribution in [-0.4, -0.2) is 41.7 Å². The molecular weight excluding hydrogens is 282 g/mol. The molecule has 2 aromatic rings. The number of H-pyrrole nitrogens is 1. The van der Waals surface area contributed by atoms with E-state index in [0.29, 0.717) is 6.61 Å². The SMILES string of the molecule is CCOc1cccc2c1[nH]c(=S)n2CC(C)(C)CN(C)C. The highest BCUT2D eigenvalue weighted by atomic mass is 32.1. The Labute approximate surface area is 131 Å². The highest BCUT2D eigenvalue weighted by molar-refractivity contribution is 7.71. The fourth-order valence-corrected chi connectivity index (χ4v) is 3.19. The molecule has 0 amide bonds. The van der Waals surface area contributed by atoms with Crippen molar-refractivity contribution in [3.8, 4) is 5.75 Å². The lowest BCUT2D eigenvalue weighted by Crippen LogP contribution is -2.32. The van der Waals surface area contributed by atoms with Gasteiger partial charge in [0, 0.05) is 13.1 Å². The Morgan fingerprint density at radius 2 is 2.05 bits per heavy atom. The molecule has 0 spiro atoms. The van der Waals surface area contributed by atoms with Gasteiger partial charge < -0.3 is 19.2 Å². The number of nitrogens with zero attached hydrogens (tertiary/aromatic N) is 2. The van der Waals surface area contributed by atoms with E-state index in [1.807, 2.05) is 19.1 Å². The van der Waals surface area contributed by atoms with Crippen LogP contribution in [0.15, 0.2) is 18.2 Å². The van der Waals surface area contributed by atoms with Crippen molar-refractivity contribution in [1.82, 2.24) is 14.5 Å². The van der Waals surface area contributed by atoms with Gasteiger partial charge in [0.1, 0.15) is 11.3 Å². The molecule has 0 aliphatic heterocycles. The lowest BCUT2D eigenvalue weighted by Gasteiger charge is -2.28. The van der Waals surface area contributed by atoms with Crippen molar-refractivity contribution in [2.45, 2.75) is 27.3 Å². The molecule has 0 saturated heterocycles. The Balaban J connectivity index is 2.43. The van der Waals surface area contributed by atoms with Crippen LogP contribution in [0.2, 0.25) is 0 Å². The summed E-state index contributed by atoms with van der Waals surface area (Å²) in [5.74, 6) is 0.866. The lowest BCUT2D eigenvalue weighted by molar-refractivity contribution is 0.212. The zero-order valence-corrected chi connectivity index (χ0v) is 14.4. The molecule has 1 aromatic heterocycles. The third kappa shape index (κ3) is 3.66. The van der Waals surface area contributed by atoms with Gasteiger partial charge in [0.05, 0.1) is 12.1 Å². The van der Waals surface area contributed by atoms with Gasteiger partial charge in [0.15, 0.2) is 4.77 Å². The molecule has 0 unspecified atom stereocenters. The molecule has 0 saturated carbocycles. The van der Waals surface area contributed by atoms with Crippen LogP contribution in [0, 0.1) is 10.2 Å². The van der Waals surface area contributed by atoms with Crippen LogP contribution in [-0.2, 0) is 6.54 Å². The molecule has 116 valence electrons. The van der Waals surface area contributed by atoms with E-state index in [-0.39, 0.29) is 5.41 Å². The first-order valence-electron chi connectivity index (χ1n) is 7.33. The standard InChI is InChI=1S/C16H25N3OS/c1-6-20-13-9-7-8-12-14(13)17-15(21)19(12)11-16(2,3)10-18(4)5/h7-9H,6,10-11H2,1-5H3,(H,17,21). The number of hydrogen-bond donors (Lipinski definition) is 1. The van der Waals surface area contributed by atoms with Gasteiger partial charge in [-0.2, -0.15) is 0 Å². The van der Waals surface area contributed by atoms with Crippen molar-refractivity contribution in [2.24, 2.45) is 5.41 Å². The number of benzene rings is 1. The zero-order valence-electron chi connectivity index (χ0n) is 13.6. The number of ether oxygens (including phenoxy) is 1. The first-order valence-corrected chi connectivity index (χ1v) is 7.74. The molecular formula is C16H25N3OS. The van der Waals surface area contributed by atoms with Crippen molar-refractivity contribution in [1.29, 1.82) is 0 Å². The van der Waals surface area contributed by atoms with Gasteiger partial charge in [-0.3, -0.25) is 0 Å². The van der Waals surface area contributed by atoms with Gasteiger partial charge >= 0.3 is 0 Å². The van der Waals surface area contributed by atoms with Crippen LogP contribution in [0.5, 0.6) is 5.75 Å². The first kappa shape index (κ1) is 16.0. The molecule has 0 aliphatic carbocycles. The summed E-state index contributed by atoms with van der Waals surface area (Å²) in [5, 5.41) is 0. The average molecular weight is 307 g/mol. The number of aromatic amines is 1. The van der Waals surface area contributed by atoms with Crippen LogP contribution in [0.1, 0.15) is 20.8 Å². The van der Waals surface area contributed by atoms with Crippen LogP contribution in [0.25, 0.3) is 11.0 Å². The molecule has 0 radical (unpaired) electrons. The zero-order chi connectivity index (χ0) is 15.6. The number of hydrogen-bond acceptors (Lipinski definition) is 3. The van der Waals surface area contributed by atoms with E-state index in [4.69, 9.17) is 17.0 Å². The van der Waals surface area contributed by atoms with Gasteiger partial charge in [0.25, 0.3) is 0 Å². The Morgan fingerprint density at radius 3 is 2.67 bits per heavy atom. The number of aromatic nitrogens is 2. The predicted molar refractivity (Wildman–Crippen MR) is 90.6 cm³/mol. The van der Waals surface area contributed by atoms with Crippen LogP contribution in [0.3, 0.4) is 0 Å². The summed E-state index contributed by atoms with van der Waals surface area (Å²) in [6.45, 7) is 9.05. The monoisotopic (exact) mass is 307 g/mol. The summed E-state index contributed by atoms with van der Waals surface area (Å²) in [7, 11) is 4.20. The van der Waals surface area contributed by atoms with E-state index in [0.717, 1.165) is 34.6 Å². The minimum Gasteiger partial charge on any atom is -0.492 e. The van der Waals surface area contributed by atoms with E-state index in [1.165, 1.54) is 0 Å². The fraction of sp³-hybridized carbons (Fsp3) is 0.562. The fourth-order valence-electron chi connectivity index (χ4n) is 2.92. The van der Waals surface area contributed by atoms with E-state index < -0.39 is 0 Å². The molecule has 0 bridgehead atoms. The van der Waals surface area contributed by atoms with E-state index in [1.54, 1.807) is 0 Å². The molecule has 5 heteroatoms. The Hall–Kier alpha value is -1.33. The minimum absolute atomic E-state index is 0.137. The normalized spacial score (nSPS) is 12.3. The van der Waals surface area contributed by atoms with Crippen LogP contribution < -0.4 is 4.74 Å². The third-order valence-electron chi connectivity index (χ3n) is 3.40. The van der Waals surface area contributed by atoms with Gasteiger partial charge in [-0.25, -0.2) is 0 Å². The summed E-state index contributed by atoms with van der Waals surface area (Å²) < 4.78 is 8.61. The molecule has 1 aromatic carbocycles. The summed E-state index contributed by atoms with van der Waals surface area (Å²) in [4.78, 5) is 5.51. The number of nitrogens with one attached hydrogen (secondary N) is 1. The maximum atomic E-state index is 5.68. The second kappa shape index (κ2) is 6.20. The average Bonchev–Trinajstić information content (AvgIpc) is 2.66. The molecule has 1 heterocycles. The molecule has 21 heavy (non-hydrogen) atoms. The number of para-hydroxylation sites is 1. The van der Waals surface area contributed by atoms with Crippen LogP contribution in [0.4, 0.5) is 0 Å². The summed E-state index contributed by atoms with van der Waals surface area (Å²) >= 11 is 5.52. The molecule has 0 aliphatic rings. The van der Waals surface area contributed by atoms with Crippen LogP contribution >= 0.6 is 12.2 Å². The second-order valence-corrected chi connectivity index (χ2v) is 6.89. The Morgan fingerprint density at radius 1 is 1.33 bits per heavy atom. The Kier molecular flexibility index (Phi) is 4.74. The van der Waals surface area contributed by atoms with Gasteiger partial charge in [-0.15, -0.1) is 0 Å². The third-order valence-corrected chi connectivity index (χ3v) is 3.72. The van der Waals surface area contributed by atoms with E-state index >= 15 is 0 Å². The smallest absolute Gasteiger partial charge is 0.178 e. The predicted octanol–water partition coefficient (Wildman–Crippen LogP) is 3.69. The molecule has 0 atom stereocenters. The molecule has 4 nitrogen and oxygen atoms in total. The largest absolute Gasteiger partial charge is 0.492 e. The summed E-state index contributed by atoms with van der Waals surface area (Å²) in [5.41, 5.74) is 2.24. The van der Waals surface area contributed by atoms with Crippen molar-refractivity contribution in [2.75, 3.05) is 27.2 Å². The van der Waals surface area contributed by atoms with Crippen molar-refractivity contribution >= 4 is 23.3 Å². The maximum Gasteiger partial charge on any atom is 0.178 e. The topological polar surface area (TPSA) is 33.2 Å². The van der Waals surface area contributed by atoms with Crippen molar-refractivity contribution < 1.29 is 4.74 Å². The second-order valence-electron chi connectivity index (χ2n) is 6.50. The minimum atomic E-state index is 0.137. The first-order chi connectivity index (χ1) is 9.84. The van der Waals surface area contributed by atoms with Gasteiger partial charge in [0.2, 0.25) is 0 Å². The summed E-state index contributed by atoms with van der Waals surface area (Å²) in [6.07, 6.45) is 0. The highest BCUT2D eigenvalue weighted by Crippen LogP contribution is 2.28. The highest BCUT2D eigenvalue weighted by Gasteiger charge is 2.21.